The van der Waals surface area contributed by atoms with E-state index >= 15 is 0 Å². The van der Waals surface area contributed by atoms with Gasteiger partial charge in [0.15, 0.2) is 0 Å². The molecule has 0 aliphatic carbocycles. The summed E-state index contributed by atoms with van der Waals surface area (Å²) in [5.74, 6) is 1.61. The molecule has 5 heteroatoms. The lowest BCUT2D eigenvalue weighted by Crippen LogP contribution is -2.24. The maximum absolute atomic E-state index is 11.3. The van der Waals surface area contributed by atoms with Crippen LogP contribution in [0.3, 0.4) is 0 Å². The van der Waals surface area contributed by atoms with Crippen molar-refractivity contribution in [2.75, 3.05) is 11.5 Å². The average molecular weight is 227 g/mol. The molecule has 1 atom stereocenters. The summed E-state index contributed by atoms with van der Waals surface area (Å²) < 4.78 is 13.4. The molecule has 0 aromatic carbocycles. The van der Waals surface area contributed by atoms with Crippen molar-refractivity contribution in [1.29, 1.82) is 0 Å². The number of nitrogens with zero attached hydrogens (tertiary/aromatic N) is 2. The molecule has 2 heterocycles. The molecule has 1 aromatic rings. The molecule has 0 spiro atoms. The maximum Gasteiger partial charge on any atom is 0.0951 e. The van der Waals surface area contributed by atoms with E-state index in [1.807, 2.05) is 19.4 Å². The minimum Gasteiger partial charge on any atom is -0.330 e. The van der Waals surface area contributed by atoms with Gasteiger partial charge in [-0.1, -0.05) is 0 Å². The SMILES string of the molecule is CC(N)c1cncn1C1CCS(=O)CC1. The van der Waals surface area contributed by atoms with E-state index in [4.69, 9.17) is 5.73 Å². The Balaban J connectivity index is 2.15. The van der Waals surface area contributed by atoms with Crippen molar-refractivity contribution in [2.24, 2.45) is 5.73 Å². The first-order chi connectivity index (χ1) is 7.18. The fourth-order valence-electron chi connectivity index (χ4n) is 2.03. The fraction of sp³-hybridized carbons (Fsp3) is 0.700. The summed E-state index contributed by atoms with van der Waals surface area (Å²) in [4.78, 5) is 4.14. The van der Waals surface area contributed by atoms with E-state index in [0.717, 1.165) is 30.0 Å². The van der Waals surface area contributed by atoms with Gasteiger partial charge in [-0.3, -0.25) is 4.21 Å². The Kier molecular flexibility index (Phi) is 3.21. The van der Waals surface area contributed by atoms with Gasteiger partial charge in [0.25, 0.3) is 0 Å². The van der Waals surface area contributed by atoms with Gasteiger partial charge < -0.3 is 10.3 Å². The van der Waals surface area contributed by atoms with Gasteiger partial charge in [-0.05, 0) is 19.8 Å². The van der Waals surface area contributed by atoms with Crippen LogP contribution in [0.4, 0.5) is 0 Å². The molecule has 0 radical (unpaired) electrons. The van der Waals surface area contributed by atoms with Gasteiger partial charge in [-0.2, -0.15) is 0 Å². The normalized spacial score (nSPS) is 28.9. The van der Waals surface area contributed by atoms with Gasteiger partial charge in [0, 0.05) is 40.6 Å². The van der Waals surface area contributed by atoms with Gasteiger partial charge in [0.05, 0.1) is 12.0 Å². The Hall–Kier alpha value is -0.680. The Labute approximate surface area is 92.3 Å². The molecule has 1 unspecified atom stereocenters. The zero-order valence-electron chi connectivity index (χ0n) is 8.93. The third-order valence-corrected chi connectivity index (χ3v) is 4.30. The molecular formula is C10H17N3OS. The minimum atomic E-state index is -0.605. The zero-order valence-corrected chi connectivity index (χ0v) is 9.74. The van der Waals surface area contributed by atoms with E-state index in [9.17, 15) is 4.21 Å². The molecular weight excluding hydrogens is 210 g/mol. The lowest BCUT2D eigenvalue weighted by Gasteiger charge is -2.25. The highest BCUT2D eigenvalue weighted by Gasteiger charge is 2.21. The third-order valence-electron chi connectivity index (χ3n) is 2.91. The van der Waals surface area contributed by atoms with Crippen LogP contribution in [-0.4, -0.2) is 25.3 Å². The topological polar surface area (TPSA) is 60.9 Å². The molecule has 1 aromatic heterocycles. The third kappa shape index (κ3) is 2.29. The quantitative estimate of drug-likeness (QED) is 0.819. The van der Waals surface area contributed by atoms with Crippen LogP contribution in [0.15, 0.2) is 12.5 Å². The predicted octanol–water partition coefficient (Wildman–Crippen LogP) is 0.986. The molecule has 1 aliphatic heterocycles. The molecule has 0 amide bonds. The Morgan fingerprint density at radius 3 is 2.87 bits per heavy atom. The fourth-order valence-corrected chi connectivity index (χ4v) is 3.31. The Morgan fingerprint density at radius 2 is 2.27 bits per heavy atom. The van der Waals surface area contributed by atoms with Crippen molar-refractivity contribution in [3.63, 3.8) is 0 Å². The lowest BCUT2D eigenvalue weighted by molar-refractivity contribution is 0.441. The highest BCUT2D eigenvalue weighted by Crippen LogP contribution is 2.25. The van der Waals surface area contributed by atoms with E-state index < -0.39 is 10.8 Å². The Bertz CT molecular complexity index is 351. The predicted molar refractivity (Wildman–Crippen MR) is 61.0 cm³/mol. The smallest absolute Gasteiger partial charge is 0.0951 e. The monoisotopic (exact) mass is 227 g/mol. The van der Waals surface area contributed by atoms with Crippen LogP contribution in [0.5, 0.6) is 0 Å². The van der Waals surface area contributed by atoms with Gasteiger partial charge in [0.2, 0.25) is 0 Å². The van der Waals surface area contributed by atoms with Crippen molar-refractivity contribution in [3.05, 3.63) is 18.2 Å². The molecule has 15 heavy (non-hydrogen) atoms. The van der Waals surface area contributed by atoms with Crippen molar-refractivity contribution >= 4 is 10.8 Å². The summed E-state index contributed by atoms with van der Waals surface area (Å²) in [6.45, 7) is 1.97. The first-order valence-corrected chi connectivity index (χ1v) is 6.79. The van der Waals surface area contributed by atoms with E-state index in [1.54, 1.807) is 0 Å². The molecule has 1 saturated heterocycles. The second-order valence-electron chi connectivity index (χ2n) is 4.09. The lowest BCUT2D eigenvalue weighted by atomic mass is 10.1. The highest BCUT2D eigenvalue weighted by atomic mass is 32.2. The van der Waals surface area contributed by atoms with Crippen molar-refractivity contribution in [1.82, 2.24) is 9.55 Å². The van der Waals surface area contributed by atoms with E-state index in [1.165, 1.54) is 0 Å². The van der Waals surface area contributed by atoms with Crippen molar-refractivity contribution in [3.8, 4) is 0 Å². The molecule has 1 fully saturated rings. The van der Waals surface area contributed by atoms with Gasteiger partial charge in [0.1, 0.15) is 0 Å². The van der Waals surface area contributed by atoms with Crippen LogP contribution in [0, 0.1) is 0 Å². The highest BCUT2D eigenvalue weighted by molar-refractivity contribution is 7.85. The van der Waals surface area contributed by atoms with Crippen LogP contribution >= 0.6 is 0 Å². The minimum absolute atomic E-state index is 0.0138. The molecule has 2 rings (SSSR count). The van der Waals surface area contributed by atoms with E-state index in [2.05, 4.69) is 9.55 Å². The first kappa shape index (κ1) is 10.8. The number of nitrogens with two attached hydrogens (primary N) is 1. The summed E-state index contributed by atoms with van der Waals surface area (Å²) >= 11 is 0. The van der Waals surface area contributed by atoms with Crippen LogP contribution in [0.2, 0.25) is 0 Å². The Morgan fingerprint density at radius 1 is 1.60 bits per heavy atom. The zero-order chi connectivity index (χ0) is 10.8. The number of hydrogen-bond acceptors (Lipinski definition) is 3. The van der Waals surface area contributed by atoms with Gasteiger partial charge >= 0.3 is 0 Å². The molecule has 4 nitrogen and oxygen atoms in total. The van der Waals surface area contributed by atoms with Crippen molar-refractivity contribution < 1.29 is 4.21 Å². The second kappa shape index (κ2) is 4.45. The summed E-state index contributed by atoms with van der Waals surface area (Å²) in [7, 11) is -0.605. The van der Waals surface area contributed by atoms with E-state index in [0.29, 0.717) is 6.04 Å². The average Bonchev–Trinajstić information content (AvgIpc) is 2.67. The van der Waals surface area contributed by atoms with Crippen LogP contribution < -0.4 is 5.73 Å². The summed E-state index contributed by atoms with van der Waals surface area (Å²) in [6, 6.07) is 0.450. The molecule has 84 valence electrons. The number of rotatable bonds is 2. The molecule has 2 N–H and O–H groups in total. The number of imidazole rings is 1. The van der Waals surface area contributed by atoms with Crippen molar-refractivity contribution in [2.45, 2.75) is 31.8 Å². The first-order valence-electron chi connectivity index (χ1n) is 5.30. The molecule has 0 bridgehead atoms. The molecule has 0 saturated carbocycles. The summed E-state index contributed by atoms with van der Waals surface area (Å²) in [5.41, 5.74) is 6.95. The molecule has 1 aliphatic rings. The van der Waals surface area contributed by atoms with E-state index in [-0.39, 0.29) is 6.04 Å². The standard InChI is InChI=1S/C10H17N3OS/c1-8(11)10-6-12-7-13(10)9-2-4-15(14)5-3-9/h6-9H,2-5,11H2,1H3. The largest absolute Gasteiger partial charge is 0.330 e. The number of aromatic nitrogens is 2. The van der Waals surface area contributed by atoms with Gasteiger partial charge in [-0.25, -0.2) is 4.98 Å². The summed E-state index contributed by atoms with van der Waals surface area (Å²) in [5, 5.41) is 0. The second-order valence-corrected chi connectivity index (χ2v) is 5.79. The van der Waals surface area contributed by atoms with Crippen LogP contribution in [-0.2, 0) is 10.8 Å². The number of hydrogen-bond donors (Lipinski definition) is 1. The van der Waals surface area contributed by atoms with Crippen LogP contribution in [0.25, 0.3) is 0 Å². The van der Waals surface area contributed by atoms with Crippen LogP contribution in [0.1, 0.15) is 37.5 Å². The summed E-state index contributed by atoms with van der Waals surface area (Å²) in [6.07, 6.45) is 5.62. The van der Waals surface area contributed by atoms with Gasteiger partial charge in [-0.15, -0.1) is 0 Å². The maximum atomic E-state index is 11.3.